The van der Waals surface area contributed by atoms with Crippen LogP contribution in [0.2, 0.25) is 0 Å². The molecule has 9 nitrogen and oxygen atoms in total. The van der Waals surface area contributed by atoms with E-state index in [1.165, 1.54) is 23.5 Å². The number of hydrogen-bond donors (Lipinski definition) is 2. The number of esters is 1. The molecule has 2 N–H and O–H groups in total. The SMILES string of the molecule is CCCCOC(=O)c1ccc(Oc2cc(C(=O)NCCCCOc3ccc(C)cc3C)c(O)c3ccccc23)c(N(CC)C(C)=O)c1. The first kappa shape index (κ1) is 34.8. The van der Waals surface area contributed by atoms with Gasteiger partial charge in [0, 0.05) is 30.8 Å². The minimum absolute atomic E-state index is 0.0572. The van der Waals surface area contributed by atoms with E-state index in [9.17, 15) is 19.5 Å². The van der Waals surface area contributed by atoms with Crippen LogP contribution in [0, 0.1) is 13.8 Å². The van der Waals surface area contributed by atoms with E-state index in [0.29, 0.717) is 60.7 Å². The van der Waals surface area contributed by atoms with Gasteiger partial charge in [0.25, 0.3) is 5.91 Å². The smallest absolute Gasteiger partial charge is 0.338 e. The second-order valence-corrected chi connectivity index (χ2v) is 11.4. The molecule has 0 unspecified atom stereocenters. The number of hydrogen-bond acceptors (Lipinski definition) is 7. The van der Waals surface area contributed by atoms with Crippen LogP contribution in [0.3, 0.4) is 0 Å². The average Bonchev–Trinajstić information content (AvgIpc) is 3.05. The molecule has 0 aliphatic heterocycles. The van der Waals surface area contributed by atoms with Crippen molar-refractivity contribution in [2.75, 3.05) is 31.2 Å². The van der Waals surface area contributed by atoms with Crippen molar-refractivity contribution in [2.45, 2.75) is 60.3 Å². The molecule has 0 saturated heterocycles. The Bertz CT molecular complexity index is 1730. The van der Waals surface area contributed by atoms with Crippen molar-refractivity contribution in [3.8, 4) is 23.0 Å². The molecule has 0 heterocycles. The number of carbonyl (C=O) groups is 3. The van der Waals surface area contributed by atoms with Crippen molar-refractivity contribution in [3.63, 3.8) is 0 Å². The Morgan fingerprint density at radius 3 is 2.28 bits per heavy atom. The molecule has 0 saturated carbocycles. The van der Waals surface area contributed by atoms with Crippen molar-refractivity contribution >= 4 is 34.2 Å². The molecular formula is C38H44N2O7. The number of unbranched alkanes of at least 4 members (excludes halogenated alkanes) is 2. The molecule has 0 radical (unpaired) electrons. The van der Waals surface area contributed by atoms with E-state index in [2.05, 4.69) is 11.4 Å². The van der Waals surface area contributed by atoms with E-state index in [4.69, 9.17) is 14.2 Å². The Morgan fingerprint density at radius 2 is 1.57 bits per heavy atom. The van der Waals surface area contributed by atoms with Crippen LogP contribution >= 0.6 is 0 Å². The lowest BCUT2D eigenvalue weighted by molar-refractivity contribution is -0.116. The van der Waals surface area contributed by atoms with Crippen LogP contribution in [-0.4, -0.2) is 49.2 Å². The number of rotatable bonds is 15. The average molecular weight is 641 g/mol. The number of nitrogens with one attached hydrogen (secondary N) is 1. The summed E-state index contributed by atoms with van der Waals surface area (Å²) in [4.78, 5) is 40.2. The van der Waals surface area contributed by atoms with E-state index in [-0.39, 0.29) is 22.8 Å². The van der Waals surface area contributed by atoms with Gasteiger partial charge in [0.15, 0.2) is 5.75 Å². The molecule has 4 aromatic carbocycles. The molecule has 0 bridgehead atoms. The van der Waals surface area contributed by atoms with Crippen LogP contribution in [-0.2, 0) is 9.53 Å². The fourth-order valence-corrected chi connectivity index (χ4v) is 5.27. The van der Waals surface area contributed by atoms with Crippen molar-refractivity contribution in [1.29, 1.82) is 0 Å². The molecule has 0 spiro atoms. The molecule has 0 atom stereocenters. The Labute approximate surface area is 276 Å². The fraction of sp³-hybridized carbons (Fsp3) is 0.342. The van der Waals surface area contributed by atoms with Crippen LogP contribution in [0.15, 0.2) is 66.7 Å². The molecule has 4 aromatic rings. The molecule has 0 aliphatic carbocycles. The Morgan fingerprint density at radius 1 is 0.830 bits per heavy atom. The summed E-state index contributed by atoms with van der Waals surface area (Å²) in [6.45, 7) is 10.9. The number of benzene rings is 4. The first-order chi connectivity index (χ1) is 22.6. The van der Waals surface area contributed by atoms with Crippen molar-refractivity contribution in [1.82, 2.24) is 5.32 Å². The van der Waals surface area contributed by atoms with E-state index >= 15 is 0 Å². The predicted molar refractivity (Wildman–Crippen MR) is 184 cm³/mol. The number of ether oxygens (including phenoxy) is 3. The number of nitrogens with zero attached hydrogens (tertiary/aromatic N) is 1. The quantitative estimate of drug-likeness (QED) is 0.100. The lowest BCUT2D eigenvalue weighted by atomic mass is 10.0. The second-order valence-electron chi connectivity index (χ2n) is 11.4. The minimum Gasteiger partial charge on any atom is -0.506 e. The maximum Gasteiger partial charge on any atom is 0.338 e. The third-order valence-electron chi connectivity index (χ3n) is 7.80. The van der Waals surface area contributed by atoms with Gasteiger partial charge in [-0.1, -0.05) is 55.3 Å². The minimum atomic E-state index is -0.489. The van der Waals surface area contributed by atoms with E-state index in [1.807, 2.05) is 39.8 Å². The highest BCUT2D eigenvalue weighted by atomic mass is 16.5. The van der Waals surface area contributed by atoms with Gasteiger partial charge in [-0.25, -0.2) is 4.79 Å². The molecule has 0 fully saturated rings. The maximum absolute atomic E-state index is 13.3. The molecule has 248 valence electrons. The van der Waals surface area contributed by atoms with Crippen molar-refractivity contribution in [3.05, 3.63) is 89.0 Å². The summed E-state index contributed by atoms with van der Waals surface area (Å²) in [5, 5.41) is 15.0. The molecule has 9 heteroatoms. The molecule has 0 aromatic heterocycles. The summed E-state index contributed by atoms with van der Waals surface area (Å²) >= 11 is 0. The molecule has 47 heavy (non-hydrogen) atoms. The zero-order valence-corrected chi connectivity index (χ0v) is 27.9. The van der Waals surface area contributed by atoms with Gasteiger partial charge in [0.2, 0.25) is 5.91 Å². The molecule has 0 aliphatic rings. The number of amides is 2. The number of aromatic hydroxyl groups is 1. The zero-order valence-electron chi connectivity index (χ0n) is 27.9. The second kappa shape index (κ2) is 16.5. The molecule has 4 rings (SSSR count). The van der Waals surface area contributed by atoms with Gasteiger partial charge in [-0.3, -0.25) is 9.59 Å². The largest absolute Gasteiger partial charge is 0.506 e. The van der Waals surface area contributed by atoms with E-state index in [0.717, 1.165) is 30.6 Å². The predicted octanol–water partition coefficient (Wildman–Crippen LogP) is 7.87. The molecule has 2 amide bonds. The number of aryl methyl sites for hydroxylation is 2. The van der Waals surface area contributed by atoms with Crippen LogP contribution in [0.25, 0.3) is 10.8 Å². The molecular weight excluding hydrogens is 596 g/mol. The topological polar surface area (TPSA) is 114 Å². The van der Waals surface area contributed by atoms with Gasteiger partial charge >= 0.3 is 5.97 Å². The third-order valence-corrected chi connectivity index (χ3v) is 7.80. The lowest BCUT2D eigenvalue weighted by Gasteiger charge is -2.23. The Kier molecular flexibility index (Phi) is 12.2. The number of fused-ring (bicyclic) bond motifs is 1. The summed E-state index contributed by atoms with van der Waals surface area (Å²) in [6, 6.07) is 19.4. The van der Waals surface area contributed by atoms with Gasteiger partial charge in [0.05, 0.1) is 30.0 Å². The Hall–Kier alpha value is -5.05. The number of phenolic OH excluding ortho intramolecular Hbond substituents is 1. The summed E-state index contributed by atoms with van der Waals surface area (Å²) in [6.07, 6.45) is 3.06. The van der Waals surface area contributed by atoms with E-state index < -0.39 is 11.9 Å². The van der Waals surface area contributed by atoms with Crippen LogP contribution in [0.5, 0.6) is 23.0 Å². The van der Waals surface area contributed by atoms with Crippen molar-refractivity contribution in [2.24, 2.45) is 0 Å². The first-order valence-electron chi connectivity index (χ1n) is 16.1. The Balaban J connectivity index is 1.54. The van der Waals surface area contributed by atoms with Crippen LogP contribution < -0.4 is 19.7 Å². The van der Waals surface area contributed by atoms with Crippen LogP contribution in [0.4, 0.5) is 5.69 Å². The van der Waals surface area contributed by atoms with Gasteiger partial charge in [-0.2, -0.15) is 0 Å². The number of anilines is 1. The summed E-state index contributed by atoms with van der Waals surface area (Å²) in [5.74, 6) is 0.136. The zero-order chi connectivity index (χ0) is 33.9. The fourth-order valence-electron chi connectivity index (χ4n) is 5.27. The summed E-state index contributed by atoms with van der Waals surface area (Å²) in [7, 11) is 0. The highest BCUT2D eigenvalue weighted by molar-refractivity contribution is 6.06. The van der Waals surface area contributed by atoms with Gasteiger partial charge in [-0.15, -0.1) is 0 Å². The summed E-state index contributed by atoms with van der Waals surface area (Å²) in [5.41, 5.74) is 3.00. The van der Waals surface area contributed by atoms with Gasteiger partial charge in [-0.05, 0) is 75.9 Å². The standard InChI is InChI=1S/C38H44N2O7/c1-6-8-20-46-38(44)28-16-18-34(32(23-28)40(7-2)27(5)41)47-35-24-31(36(42)30-14-10-9-13-29(30)35)37(43)39-19-11-12-21-45-33-17-15-25(3)22-26(33)4/h9-10,13-18,22-24,42H,6-8,11-12,19-21H2,1-5H3,(H,39,43). The van der Waals surface area contributed by atoms with Gasteiger partial charge in [0.1, 0.15) is 17.2 Å². The maximum atomic E-state index is 13.3. The normalized spacial score (nSPS) is 10.8. The summed E-state index contributed by atoms with van der Waals surface area (Å²) < 4.78 is 17.7. The highest BCUT2D eigenvalue weighted by Crippen LogP contribution is 2.41. The third kappa shape index (κ3) is 8.82. The van der Waals surface area contributed by atoms with Gasteiger partial charge < -0.3 is 29.5 Å². The first-order valence-corrected chi connectivity index (χ1v) is 16.1. The number of carbonyl (C=O) groups excluding carboxylic acids is 3. The van der Waals surface area contributed by atoms with Crippen LogP contribution in [0.1, 0.15) is 78.3 Å². The van der Waals surface area contributed by atoms with E-state index in [1.54, 1.807) is 42.5 Å². The monoisotopic (exact) mass is 640 g/mol. The van der Waals surface area contributed by atoms with Crippen molar-refractivity contribution < 1.29 is 33.7 Å². The highest BCUT2D eigenvalue weighted by Gasteiger charge is 2.22. The number of phenols is 1. The lowest BCUT2D eigenvalue weighted by Crippen LogP contribution is -2.28.